The van der Waals surface area contributed by atoms with Crippen LogP contribution in [0.15, 0.2) is 77.9 Å². The third kappa shape index (κ3) is 3.82. The van der Waals surface area contributed by atoms with Gasteiger partial charge in [-0.3, -0.25) is 9.36 Å². The predicted octanol–water partition coefficient (Wildman–Crippen LogP) is 3.21. The lowest BCUT2D eigenvalue weighted by molar-refractivity contribution is 0.0600. The van der Waals surface area contributed by atoms with Gasteiger partial charge in [0.2, 0.25) is 5.95 Å². The van der Waals surface area contributed by atoms with E-state index >= 15 is 0 Å². The minimum Gasteiger partial charge on any atom is -0.465 e. The smallest absolute Gasteiger partial charge is 0.337 e. The molecule has 0 aliphatic heterocycles. The molecule has 5 rings (SSSR count). The number of benzene rings is 3. The average molecular weight is 439 g/mol. The molecular formula is C25H21N5O3. The minimum atomic E-state index is -0.430. The van der Waals surface area contributed by atoms with Crippen LogP contribution in [0, 0.1) is 0 Å². The number of rotatable bonds is 5. The molecule has 0 fully saturated rings. The summed E-state index contributed by atoms with van der Waals surface area (Å²) in [6.07, 6.45) is 1.63. The number of carbonyl (C=O) groups excluding carboxylic acids is 1. The molecule has 5 aromatic rings. The van der Waals surface area contributed by atoms with E-state index in [1.807, 2.05) is 24.3 Å². The molecule has 0 aliphatic carbocycles. The van der Waals surface area contributed by atoms with Gasteiger partial charge < -0.3 is 15.0 Å². The molecule has 3 aromatic carbocycles. The fourth-order valence-electron chi connectivity index (χ4n) is 4.02. The summed E-state index contributed by atoms with van der Waals surface area (Å²) < 4.78 is 8.26. The summed E-state index contributed by atoms with van der Waals surface area (Å²) in [5.41, 5.74) is 8.76. The van der Waals surface area contributed by atoms with Gasteiger partial charge in [0.25, 0.3) is 0 Å². The van der Waals surface area contributed by atoms with E-state index in [4.69, 9.17) is 10.5 Å². The molecule has 0 saturated heterocycles. The molecule has 2 aromatic heterocycles. The van der Waals surface area contributed by atoms with Crippen LogP contribution in [0.2, 0.25) is 0 Å². The van der Waals surface area contributed by atoms with Crippen molar-refractivity contribution in [1.82, 2.24) is 19.1 Å². The van der Waals surface area contributed by atoms with E-state index in [0.717, 1.165) is 21.9 Å². The fourth-order valence-corrected chi connectivity index (χ4v) is 4.02. The van der Waals surface area contributed by atoms with E-state index in [-0.39, 0.29) is 5.95 Å². The number of hydrogen-bond donors (Lipinski definition) is 1. The molecule has 0 bridgehead atoms. The van der Waals surface area contributed by atoms with Crippen LogP contribution in [0.4, 0.5) is 5.95 Å². The quantitative estimate of drug-likeness (QED) is 0.422. The van der Waals surface area contributed by atoms with Gasteiger partial charge in [-0.15, -0.1) is 0 Å². The van der Waals surface area contributed by atoms with E-state index in [2.05, 4.69) is 34.2 Å². The van der Waals surface area contributed by atoms with Gasteiger partial charge in [-0.05, 0) is 40.1 Å². The minimum absolute atomic E-state index is 0.0620. The molecule has 0 atom stereocenters. The number of imidazole rings is 1. The predicted molar refractivity (Wildman–Crippen MR) is 126 cm³/mol. The Bertz CT molecular complexity index is 1570. The lowest BCUT2D eigenvalue weighted by atomic mass is 10.1. The highest BCUT2D eigenvalue weighted by Crippen LogP contribution is 2.19. The fraction of sp³-hybridized carbons (Fsp3) is 0.120. The largest absolute Gasteiger partial charge is 0.465 e. The third-order valence-electron chi connectivity index (χ3n) is 5.62. The second-order valence-electron chi connectivity index (χ2n) is 7.78. The molecule has 0 radical (unpaired) electrons. The molecule has 8 heteroatoms. The van der Waals surface area contributed by atoms with Gasteiger partial charge in [-0.1, -0.05) is 48.5 Å². The Morgan fingerprint density at radius 2 is 1.76 bits per heavy atom. The molecule has 8 nitrogen and oxygen atoms in total. The molecule has 33 heavy (non-hydrogen) atoms. The normalized spacial score (nSPS) is 11.2. The highest BCUT2D eigenvalue weighted by atomic mass is 16.5. The van der Waals surface area contributed by atoms with E-state index in [9.17, 15) is 9.59 Å². The second-order valence-corrected chi connectivity index (χ2v) is 7.78. The van der Waals surface area contributed by atoms with Crippen molar-refractivity contribution < 1.29 is 9.53 Å². The summed E-state index contributed by atoms with van der Waals surface area (Å²) >= 11 is 0. The van der Waals surface area contributed by atoms with Crippen molar-refractivity contribution in [2.45, 2.75) is 13.1 Å². The molecule has 0 saturated carbocycles. The Morgan fingerprint density at radius 1 is 0.970 bits per heavy atom. The first kappa shape index (κ1) is 20.4. The highest BCUT2D eigenvalue weighted by Gasteiger charge is 2.16. The lowest BCUT2D eigenvalue weighted by Crippen LogP contribution is -2.20. The first-order chi connectivity index (χ1) is 16.0. The Morgan fingerprint density at radius 3 is 2.58 bits per heavy atom. The van der Waals surface area contributed by atoms with Crippen LogP contribution in [-0.4, -0.2) is 32.2 Å². The number of esters is 1. The van der Waals surface area contributed by atoms with Crippen molar-refractivity contribution in [3.8, 4) is 0 Å². The zero-order valence-corrected chi connectivity index (χ0v) is 17.9. The van der Waals surface area contributed by atoms with Crippen LogP contribution in [0.5, 0.6) is 0 Å². The molecule has 0 amide bonds. The molecule has 164 valence electrons. The van der Waals surface area contributed by atoms with E-state index in [1.165, 1.54) is 7.11 Å². The van der Waals surface area contributed by atoms with Crippen LogP contribution in [-0.2, 0) is 17.8 Å². The highest BCUT2D eigenvalue weighted by molar-refractivity contribution is 5.89. The SMILES string of the molecule is COC(=O)c1cccc(Cn2c(N)nc(=O)c3c2ncn3Cc2ccc3ccccc3c2)c1. The summed E-state index contributed by atoms with van der Waals surface area (Å²) in [7, 11) is 1.34. The Balaban J connectivity index is 1.54. The average Bonchev–Trinajstić information content (AvgIpc) is 3.25. The number of carbonyl (C=O) groups is 1. The number of nitrogens with two attached hydrogens (primary N) is 1. The van der Waals surface area contributed by atoms with Gasteiger partial charge in [-0.25, -0.2) is 9.78 Å². The second kappa shape index (κ2) is 8.23. The molecular weight excluding hydrogens is 418 g/mol. The van der Waals surface area contributed by atoms with Crippen LogP contribution in [0.3, 0.4) is 0 Å². The first-order valence-electron chi connectivity index (χ1n) is 10.4. The van der Waals surface area contributed by atoms with Gasteiger partial charge in [-0.2, -0.15) is 4.98 Å². The van der Waals surface area contributed by atoms with Crippen LogP contribution in [0.25, 0.3) is 21.9 Å². The van der Waals surface area contributed by atoms with Crippen molar-refractivity contribution in [2.75, 3.05) is 12.8 Å². The van der Waals surface area contributed by atoms with E-state index in [0.29, 0.717) is 29.8 Å². The van der Waals surface area contributed by atoms with Gasteiger partial charge in [0.1, 0.15) is 0 Å². The van der Waals surface area contributed by atoms with Crippen LogP contribution < -0.4 is 11.3 Å². The van der Waals surface area contributed by atoms with E-state index in [1.54, 1.807) is 33.7 Å². The van der Waals surface area contributed by atoms with Crippen molar-refractivity contribution in [3.63, 3.8) is 0 Å². The number of nitrogens with zero attached hydrogens (tertiary/aromatic N) is 4. The first-order valence-corrected chi connectivity index (χ1v) is 10.4. The molecule has 0 spiro atoms. The van der Waals surface area contributed by atoms with Gasteiger partial charge in [0, 0.05) is 6.54 Å². The maximum absolute atomic E-state index is 12.7. The molecule has 0 unspecified atom stereocenters. The Kier molecular flexibility index (Phi) is 5.10. The Labute approximate surface area is 188 Å². The monoisotopic (exact) mass is 439 g/mol. The summed E-state index contributed by atoms with van der Waals surface area (Å²) in [6, 6.07) is 21.4. The van der Waals surface area contributed by atoms with Gasteiger partial charge >= 0.3 is 11.5 Å². The van der Waals surface area contributed by atoms with Crippen LogP contribution in [0.1, 0.15) is 21.5 Å². The third-order valence-corrected chi connectivity index (χ3v) is 5.62. The number of fused-ring (bicyclic) bond motifs is 2. The zero-order valence-electron chi connectivity index (χ0n) is 17.9. The van der Waals surface area contributed by atoms with Crippen LogP contribution >= 0.6 is 0 Å². The number of anilines is 1. The van der Waals surface area contributed by atoms with Crippen molar-refractivity contribution in [3.05, 3.63) is 100 Å². The maximum Gasteiger partial charge on any atom is 0.337 e. The lowest BCUT2D eigenvalue weighted by Gasteiger charge is -2.12. The number of hydrogen-bond acceptors (Lipinski definition) is 6. The number of aromatic nitrogens is 4. The standard InChI is InChI=1S/C25H21N5O3/c1-33-24(32)20-8-4-5-16(12-20)14-30-22-21(23(31)28-25(30)26)29(15-27-22)13-17-9-10-18-6-2-3-7-19(18)11-17/h2-12,15H,13-14H2,1H3,(H2,26,28,31). The topological polar surface area (TPSA) is 105 Å². The Hall–Kier alpha value is -4.46. The maximum atomic E-state index is 12.7. The summed E-state index contributed by atoms with van der Waals surface area (Å²) in [4.78, 5) is 33.1. The number of ether oxygens (including phenoxy) is 1. The zero-order chi connectivity index (χ0) is 22.9. The molecule has 2 N–H and O–H groups in total. The van der Waals surface area contributed by atoms with Crippen molar-refractivity contribution in [1.29, 1.82) is 0 Å². The molecule has 0 aliphatic rings. The number of methoxy groups -OCH3 is 1. The van der Waals surface area contributed by atoms with Crippen molar-refractivity contribution in [2.24, 2.45) is 0 Å². The number of nitrogen functional groups attached to an aromatic ring is 1. The van der Waals surface area contributed by atoms with Gasteiger partial charge in [0.15, 0.2) is 11.2 Å². The van der Waals surface area contributed by atoms with Crippen molar-refractivity contribution >= 4 is 33.9 Å². The summed E-state index contributed by atoms with van der Waals surface area (Å²) in [6.45, 7) is 0.771. The van der Waals surface area contributed by atoms with Gasteiger partial charge in [0.05, 0.1) is 25.5 Å². The van der Waals surface area contributed by atoms with E-state index < -0.39 is 11.5 Å². The summed E-state index contributed by atoms with van der Waals surface area (Å²) in [5, 5.41) is 2.28. The summed E-state index contributed by atoms with van der Waals surface area (Å²) in [5.74, 6) is -0.361. The molecule has 2 heterocycles.